The van der Waals surface area contributed by atoms with Crippen LogP contribution in [0.5, 0.6) is 0 Å². The molecule has 0 heterocycles. The highest BCUT2D eigenvalue weighted by atomic mass is 16.5. The summed E-state index contributed by atoms with van der Waals surface area (Å²) in [5.74, 6) is -0.389. The molecule has 0 amide bonds. The Kier molecular flexibility index (Phi) is 5.43. The van der Waals surface area contributed by atoms with Gasteiger partial charge in [-0.25, -0.2) is 0 Å². The van der Waals surface area contributed by atoms with Crippen molar-refractivity contribution in [3.63, 3.8) is 0 Å². The average Bonchev–Trinajstić information content (AvgIpc) is 1.98. The standard InChI is InChI=1S/C8H13O3/c1-3-8(6-9)4-5-11-7(2)10/h8H,3-5H2,1-2H3. The minimum atomic E-state index is -0.300. The Morgan fingerprint density at radius 3 is 2.64 bits per heavy atom. The third-order valence-corrected chi connectivity index (χ3v) is 1.43. The highest BCUT2D eigenvalue weighted by molar-refractivity contribution is 5.65. The maximum atomic E-state index is 10.3. The Bertz CT molecular complexity index is 131. The lowest BCUT2D eigenvalue weighted by Crippen LogP contribution is -2.07. The van der Waals surface area contributed by atoms with Crippen LogP contribution in [0.15, 0.2) is 0 Å². The first-order valence-electron chi connectivity index (χ1n) is 3.71. The van der Waals surface area contributed by atoms with Gasteiger partial charge >= 0.3 is 5.97 Å². The molecule has 1 radical (unpaired) electrons. The van der Waals surface area contributed by atoms with Crippen molar-refractivity contribution in [2.45, 2.75) is 26.7 Å². The Morgan fingerprint density at radius 2 is 2.27 bits per heavy atom. The molecule has 3 nitrogen and oxygen atoms in total. The van der Waals surface area contributed by atoms with Gasteiger partial charge in [0, 0.05) is 12.8 Å². The molecule has 0 saturated carbocycles. The second-order valence-corrected chi connectivity index (χ2v) is 2.35. The molecule has 1 unspecified atom stereocenters. The molecule has 0 rings (SSSR count). The molecule has 0 fully saturated rings. The van der Waals surface area contributed by atoms with Crippen LogP contribution >= 0.6 is 0 Å². The lowest BCUT2D eigenvalue weighted by molar-refractivity contribution is -0.141. The minimum absolute atomic E-state index is 0.0886. The normalized spacial score (nSPS) is 12.2. The van der Waals surface area contributed by atoms with Crippen molar-refractivity contribution >= 4 is 12.3 Å². The molecule has 1 atom stereocenters. The SMILES string of the molecule is CCC([C]=O)CCOC(C)=O. The van der Waals surface area contributed by atoms with Crippen LogP contribution in [0.3, 0.4) is 0 Å². The van der Waals surface area contributed by atoms with E-state index >= 15 is 0 Å². The number of hydrogen-bond donors (Lipinski definition) is 0. The van der Waals surface area contributed by atoms with Crippen molar-refractivity contribution in [3.8, 4) is 0 Å². The molecule has 0 saturated heterocycles. The molecule has 0 aliphatic heterocycles. The zero-order valence-corrected chi connectivity index (χ0v) is 6.92. The van der Waals surface area contributed by atoms with E-state index in [1.54, 1.807) is 0 Å². The third kappa shape index (κ3) is 5.58. The predicted molar refractivity (Wildman–Crippen MR) is 40.7 cm³/mol. The van der Waals surface area contributed by atoms with Gasteiger partial charge in [-0.1, -0.05) is 6.92 Å². The second-order valence-electron chi connectivity index (χ2n) is 2.35. The first-order valence-corrected chi connectivity index (χ1v) is 3.71. The van der Waals surface area contributed by atoms with E-state index in [2.05, 4.69) is 4.74 Å². The molecule has 0 aliphatic carbocycles. The molecule has 63 valence electrons. The molecule has 0 bridgehead atoms. The summed E-state index contributed by atoms with van der Waals surface area (Å²) in [7, 11) is 0. The summed E-state index contributed by atoms with van der Waals surface area (Å²) in [5.41, 5.74) is 0. The Hall–Kier alpha value is -0.860. The van der Waals surface area contributed by atoms with Crippen molar-refractivity contribution < 1.29 is 14.3 Å². The van der Waals surface area contributed by atoms with Gasteiger partial charge in [-0.05, 0) is 12.8 Å². The summed E-state index contributed by atoms with van der Waals surface area (Å²) in [6.45, 7) is 3.58. The fourth-order valence-corrected chi connectivity index (χ4v) is 0.691. The summed E-state index contributed by atoms with van der Waals surface area (Å²) in [6.07, 6.45) is 3.22. The van der Waals surface area contributed by atoms with E-state index in [1.165, 1.54) is 6.92 Å². The summed E-state index contributed by atoms with van der Waals surface area (Å²) < 4.78 is 4.66. The van der Waals surface area contributed by atoms with Crippen molar-refractivity contribution in [3.05, 3.63) is 0 Å². The fourth-order valence-electron chi connectivity index (χ4n) is 0.691. The van der Waals surface area contributed by atoms with Gasteiger partial charge in [0.1, 0.15) is 0 Å². The topological polar surface area (TPSA) is 43.4 Å². The van der Waals surface area contributed by atoms with Gasteiger partial charge in [-0.3, -0.25) is 9.59 Å². The molecular formula is C8H13O3. The van der Waals surface area contributed by atoms with E-state index in [9.17, 15) is 9.59 Å². The molecule has 0 aromatic rings. The van der Waals surface area contributed by atoms with Gasteiger partial charge in [0.2, 0.25) is 6.29 Å². The van der Waals surface area contributed by atoms with Crippen LogP contribution in [0.1, 0.15) is 26.7 Å². The van der Waals surface area contributed by atoms with Gasteiger partial charge in [0.25, 0.3) is 0 Å². The summed E-state index contributed by atoms with van der Waals surface area (Å²) in [6, 6.07) is 0. The Balaban J connectivity index is 3.35. The molecule has 3 heteroatoms. The van der Waals surface area contributed by atoms with Crippen molar-refractivity contribution in [2.75, 3.05) is 6.61 Å². The maximum absolute atomic E-state index is 10.3. The monoisotopic (exact) mass is 157 g/mol. The molecule has 0 aliphatic rings. The lowest BCUT2D eigenvalue weighted by atomic mass is 10.1. The van der Waals surface area contributed by atoms with Gasteiger partial charge < -0.3 is 4.74 Å². The number of carbonyl (C=O) groups is 1. The number of hydrogen-bond acceptors (Lipinski definition) is 3. The molecular weight excluding hydrogens is 144 g/mol. The third-order valence-electron chi connectivity index (χ3n) is 1.43. The predicted octanol–water partition coefficient (Wildman–Crippen LogP) is 1.08. The van der Waals surface area contributed by atoms with Gasteiger partial charge in [-0.15, -0.1) is 0 Å². The van der Waals surface area contributed by atoms with Crippen LogP contribution in [-0.4, -0.2) is 18.9 Å². The van der Waals surface area contributed by atoms with E-state index in [0.29, 0.717) is 13.0 Å². The smallest absolute Gasteiger partial charge is 0.302 e. The van der Waals surface area contributed by atoms with Gasteiger partial charge in [0.15, 0.2) is 0 Å². The number of ether oxygens (including phenoxy) is 1. The van der Waals surface area contributed by atoms with Crippen molar-refractivity contribution in [2.24, 2.45) is 5.92 Å². The zero-order valence-electron chi connectivity index (χ0n) is 6.92. The molecule has 0 spiro atoms. The molecule has 0 aromatic heterocycles. The number of esters is 1. The Morgan fingerprint density at radius 1 is 1.64 bits per heavy atom. The number of carbonyl (C=O) groups excluding carboxylic acids is 2. The van der Waals surface area contributed by atoms with E-state index in [1.807, 2.05) is 13.2 Å². The average molecular weight is 157 g/mol. The van der Waals surface area contributed by atoms with Crippen LogP contribution < -0.4 is 0 Å². The zero-order chi connectivity index (χ0) is 8.69. The van der Waals surface area contributed by atoms with E-state index < -0.39 is 0 Å². The quantitative estimate of drug-likeness (QED) is 0.561. The van der Waals surface area contributed by atoms with Crippen LogP contribution in [0.4, 0.5) is 0 Å². The van der Waals surface area contributed by atoms with Gasteiger partial charge in [0.05, 0.1) is 6.61 Å². The molecule has 0 aromatic carbocycles. The second kappa shape index (κ2) is 5.89. The summed E-state index contributed by atoms with van der Waals surface area (Å²) >= 11 is 0. The van der Waals surface area contributed by atoms with Crippen molar-refractivity contribution in [1.82, 2.24) is 0 Å². The highest BCUT2D eigenvalue weighted by Crippen LogP contribution is 2.03. The summed E-state index contributed by atoms with van der Waals surface area (Å²) in [4.78, 5) is 20.4. The largest absolute Gasteiger partial charge is 0.466 e. The first-order chi connectivity index (χ1) is 5.20. The van der Waals surface area contributed by atoms with Crippen molar-refractivity contribution in [1.29, 1.82) is 0 Å². The minimum Gasteiger partial charge on any atom is -0.466 e. The lowest BCUT2D eigenvalue weighted by Gasteiger charge is -2.04. The van der Waals surface area contributed by atoms with E-state index in [-0.39, 0.29) is 11.9 Å². The van der Waals surface area contributed by atoms with Crippen LogP contribution in [-0.2, 0) is 14.3 Å². The van der Waals surface area contributed by atoms with E-state index in [4.69, 9.17) is 0 Å². The Labute approximate surface area is 66.7 Å². The van der Waals surface area contributed by atoms with Crippen LogP contribution in [0, 0.1) is 5.92 Å². The van der Waals surface area contributed by atoms with Gasteiger partial charge in [-0.2, -0.15) is 0 Å². The molecule has 0 N–H and O–H groups in total. The fraction of sp³-hybridized carbons (Fsp3) is 0.750. The summed E-state index contributed by atoms with van der Waals surface area (Å²) in [5, 5.41) is 0. The van der Waals surface area contributed by atoms with Crippen LogP contribution in [0.2, 0.25) is 0 Å². The van der Waals surface area contributed by atoms with Crippen LogP contribution in [0.25, 0.3) is 0 Å². The maximum Gasteiger partial charge on any atom is 0.302 e. The molecule has 11 heavy (non-hydrogen) atoms. The number of rotatable bonds is 5. The van der Waals surface area contributed by atoms with E-state index in [0.717, 1.165) is 6.42 Å². The first kappa shape index (κ1) is 10.1. The highest BCUT2D eigenvalue weighted by Gasteiger charge is 2.05.